The van der Waals surface area contributed by atoms with Crippen LogP contribution in [-0.4, -0.2) is 12.1 Å². The molecule has 13 heavy (non-hydrogen) atoms. The minimum Gasteiger partial charge on any atom is -0.461 e. The molecule has 0 aromatic carbocycles. The van der Waals surface area contributed by atoms with E-state index in [1.807, 2.05) is 0 Å². The predicted molar refractivity (Wildman–Crippen MR) is 52.5 cm³/mol. The van der Waals surface area contributed by atoms with E-state index in [4.69, 9.17) is 4.74 Å². The van der Waals surface area contributed by atoms with Gasteiger partial charge in [0.1, 0.15) is 5.60 Å². The molecule has 0 saturated heterocycles. The van der Waals surface area contributed by atoms with E-state index in [1.54, 1.807) is 0 Å². The van der Waals surface area contributed by atoms with Crippen molar-refractivity contribution in [3.63, 3.8) is 0 Å². The Bertz CT molecular complexity index is 148. The first-order chi connectivity index (χ1) is 6.33. The van der Waals surface area contributed by atoms with Gasteiger partial charge in [-0.05, 0) is 38.5 Å². The predicted octanol–water partition coefficient (Wildman–Crippen LogP) is 3.05. The van der Waals surface area contributed by atoms with Crippen LogP contribution in [0.2, 0.25) is 0 Å². The van der Waals surface area contributed by atoms with Crippen LogP contribution in [0.25, 0.3) is 0 Å². The fourth-order valence-corrected chi connectivity index (χ4v) is 2.22. The van der Waals surface area contributed by atoms with Crippen LogP contribution < -0.4 is 0 Å². The normalized spacial score (nSPS) is 21.0. The number of ether oxygens (including phenoxy) is 1. The summed E-state index contributed by atoms with van der Waals surface area (Å²) in [7, 11) is 0. The van der Waals surface area contributed by atoms with Crippen molar-refractivity contribution in [3.05, 3.63) is 0 Å². The first kappa shape index (κ1) is 10.6. The molecule has 0 aromatic rings. The fraction of sp³-hybridized carbons (Fsp3) is 0.909. The first-order valence-corrected chi connectivity index (χ1v) is 5.44. The van der Waals surface area contributed by atoms with Crippen LogP contribution in [0.4, 0.5) is 0 Å². The molecule has 0 atom stereocenters. The molecule has 2 nitrogen and oxygen atoms in total. The number of carbonyl (C=O) groups excluding carboxylic acids is 1. The summed E-state index contributed by atoms with van der Waals surface area (Å²) < 4.78 is 5.29. The number of carbonyl (C=O) groups is 1. The van der Waals surface area contributed by atoms with Crippen molar-refractivity contribution in [3.8, 4) is 0 Å². The van der Waals surface area contributed by atoms with E-state index < -0.39 is 0 Å². The Labute approximate surface area is 80.7 Å². The number of unbranched alkanes of at least 4 members (excludes halogenated alkanes) is 1. The second-order valence-electron chi connectivity index (χ2n) is 4.06. The minimum absolute atomic E-state index is 0.0873. The summed E-state index contributed by atoms with van der Waals surface area (Å²) in [4.78, 5) is 10.4. The zero-order valence-corrected chi connectivity index (χ0v) is 8.55. The molecule has 1 fully saturated rings. The summed E-state index contributed by atoms with van der Waals surface area (Å²) in [6, 6.07) is 0. The van der Waals surface area contributed by atoms with E-state index >= 15 is 0 Å². The Balaban J connectivity index is 2.45. The van der Waals surface area contributed by atoms with Crippen molar-refractivity contribution in [1.82, 2.24) is 0 Å². The number of rotatable bonds is 5. The molecule has 1 saturated carbocycles. The molecule has 0 unspecified atom stereocenters. The molecule has 76 valence electrons. The van der Waals surface area contributed by atoms with E-state index in [-0.39, 0.29) is 5.60 Å². The van der Waals surface area contributed by atoms with Crippen LogP contribution in [-0.2, 0) is 9.53 Å². The molecule has 0 bridgehead atoms. The van der Waals surface area contributed by atoms with Gasteiger partial charge in [-0.1, -0.05) is 19.8 Å². The summed E-state index contributed by atoms with van der Waals surface area (Å²) >= 11 is 0. The minimum atomic E-state index is -0.0873. The Hall–Kier alpha value is -0.530. The molecule has 1 aliphatic rings. The molecule has 0 spiro atoms. The molecule has 0 heterocycles. The molecule has 0 N–H and O–H groups in total. The van der Waals surface area contributed by atoms with E-state index in [1.165, 1.54) is 32.1 Å². The highest BCUT2D eigenvalue weighted by Crippen LogP contribution is 2.35. The molecule has 2 heteroatoms. The van der Waals surface area contributed by atoms with Crippen LogP contribution in [0.1, 0.15) is 58.3 Å². The van der Waals surface area contributed by atoms with Crippen molar-refractivity contribution in [2.45, 2.75) is 63.9 Å². The summed E-state index contributed by atoms with van der Waals surface area (Å²) in [5, 5.41) is 0. The van der Waals surface area contributed by atoms with Gasteiger partial charge in [0, 0.05) is 0 Å². The zero-order chi connectivity index (χ0) is 9.57. The van der Waals surface area contributed by atoms with E-state index in [0.29, 0.717) is 6.47 Å². The quantitative estimate of drug-likeness (QED) is 0.614. The number of hydrogen-bond donors (Lipinski definition) is 0. The standard InChI is InChI=1S/C11H20O2/c1-2-3-7-11(13-10-12)8-5-4-6-9-11/h10H,2-9H2,1H3. The average Bonchev–Trinajstić information content (AvgIpc) is 2.17. The topological polar surface area (TPSA) is 26.3 Å². The van der Waals surface area contributed by atoms with Crippen LogP contribution in [0.15, 0.2) is 0 Å². The second-order valence-corrected chi connectivity index (χ2v) is 4.06. The molecular formula is C11H20O2. The van der Waals surface area contributed by atoms with Gasteiger partial charge in [0.15, 0.2) is 0 Å². The SMILES string of the molecule is CCCCC1(OC=O)CCCCC1. The monoisotopic (exact) mass is 184 g/mol. The van der Waals surface area contributed by atoms with Crippen molar-refractivity contribution >= 4 is 6.47 Å². The van der Waals surface area contributed by atoms with Gasteiger partial charge in [-0.3, -0.25) is 4.79 Å². The van der Waals surface area contributed by atoms with Crippen LogP contribution in [0.5, 0.6) is 0 Å². The lowest BCUT2D eigenvalue weighted by molar-refractivity contribution is -0.148. The summed E-state index contributed by atoms with van der Waals surface area (Å²) in [6.45, 7) is 2.82. The van der Waals surface area contributed by atoms with Gasteiger partial charge in [0.2, 0.25) is 0 Å². The van der Waals surface area contributed by atoms with Gasteiger partial charge in [-0.25, -0.2) is 0 Å². The Morgan fingerprint density at radius 3 is 2.54 bits per heavy atom. The molecule has 0 radical (unpaired) electrons. The third-order valence-electron chi connectivity index (χ3n) is 3.05. The molecule has 0 amide bonds. The average molecular weight is 184 g/mol. The Kier molecular flexibility index (Phi) is 4.26. The highest BCUT2D eigenvalue weighted by Gasteiger charge is 2.32. The van der Waals surface area contributed by atoms with Crippen LogP contribution in [0, 0.1) is 0 Å². The Morgan fingerprint density at radius 1 is 1.31 bits per heavy atom. The highest BCUT2D eigenvalue weighted by molar-refractivity contribution is 5.38. The third-order valence-corrected chi connectivity index (χ3v) is 3.05. The molecule has 0 aliphatic heterocycles. The molecule has 1 aliphatic carbocycles. The summed E-state index contributed by atoms with van der Waals surface area (Å²) in [5.74, 6) is 0. The van der Waals surface area contributed by atoms with Gasteiger partial charge in [-0.2, -0.15) is 0 Å². The second kappa shape index (κ2) is 5.25. The Morgan fingerprint density at radius 2 is 2.00 bits per heavy atom. The van der Waals surface area contributed by atoms with Crippen molar-refractivity contribution in [1.29, 1.82) is 0 Å². The smallest absolute Gasteiger partial charge is 0.293 e. The maximum atomic E-state index is 10.4. The van der Waals surface area contributed by atoms with Gasteiger partial charge in [0.05, 0.1) is 0 Å². The maximum absolute atomic E-state index is 10.4. The van der Waals surface area contributed by atoms with E-state index in [9.17, 15) is 4.79 Å². The third kappa shape index (κ3) is 3.02. The lowest BCUT2D eigenvalue weighted by Crippen LogP contribution is -2.34. The lowest BCUT2D eigenvalue weighted by Gasteiger charge is -2.35. The molecule has 1 rings (SSSR count). The van der Waals surface area contributed by atoms with Crippen LogP contribution in [0.3, 0.4) is 0 Å². The fourth-order valence-electron chi connectivity index (χ4n) is 2.22. The maximum Gasteiger partial charge on any atom is 0.293 e. The largest absolute Gasteiger partial charge is 0.461 e. The van der Waals surface area contributed by atoms with Crippen molar-refractivity contribution in [2.75, 3.05) is 0 Å². The van der Waals surface area contributed by atoms with Crippen molar-refractivity contribution < 1.29 is 9.53 Å². The van der Waals surface area contributed by atoms with Gasteiger partial charge in [0.25, 0.3) is 6.47 Å². The number of hydrogen-bond acceptors (Lipinski definition) is 2. The molecular weight excluding hydrogens is 164 g/mol. The highest BCUT2D eigenvalue weighted by atomic mass is 16.5. The van der Waals surface area contributed by atoms with E-state index in [0.717, 1.165) is 19.3 Å². The van der Waals surface area contributed by atoms with Crippen molar-refractivity contribution in [2.24, 2.45) is 0 Å². The van der Waals surface area contributed by atoms with Crippen LogP contribution >= 0.6 is 0 Å². The lowest BCUT2D eigenvalue weighted by atomic mass is 9.81. The first-order valence-electron chi connectivity index (χ1n) is 5.44. The van der Waals surface area contributed by atoms with Gasteiger partial charge >= 0.3 is 0 Å². The summed E-state index contributed by atoms with van der Waals surface area (Å²) in [6.07, 6.45) is 9.31. The molecule has 0 aromatic heterocycles. The van der Waals surface area contributed by atoms with Gasteiger partial charge in [-0.15, -0.1) is 0 Å². The van der Waals surface area contributed by atoms with E-state index in [2.05, 4.69) is 6.92 Å². The zero-order valence-electron chi connectivity index (χ0n) is 8.55. The summed E-state index contributed by atoms with van der Waals surface area (Å²) in [5.41, 5.74) is -0.0873. The van der Waals surface area contributed by atoms with Gasteiger partial charge < -0.3 is 4.74 Å².